The number of ether oxygens (including phenoxy) is 3. The van der Waals surface area contributed by atoms with Crippen molar-refractivity contribution in [2.24, 2.45) is 0 Å². The van der Waals surface area contributed by atoms with Crippen LogP contribution in [0.25, 0.3) is 0 Å². The second-order valence-electron chi connectivity index (χ2n) is 16.0. The van der Waals surface area contributed by atoms with Crippen LogP contribution in [0.5, 0.6) is 0 Å². The van der Waals surface area contributed by atoms with Crippen LogP contribution in [0.3, 0.4) is 0 Å². The van der Waals surface area contributed by atoms with Gasteiger partial charge in [0.1, 0.15) is 13.2 Å². The maximum absolute atomic E-state index is 12.7. The first-order valence-electron chi connectivity index (χ1n) is 24.4. The van der Waals surface area contributed by atoms with Crippen LogP contribution >= 0.6 is 0 Å². The van der Waals surface area contributed by atoms with Gasteiger partial charge in [-0.25, -0.2) is 0 Å². The molecule has 6 heteroatoms. The first-order chi connectivity index (χ1) is 29.0. The molecular weight excluding hydrogens is 733 g/mol. The zero-order valence-corrected chi connectivity index (χ0v) is 38.5. The summed E-state index contributed by atoms with van der Waals surface area (Å²) in [4.78, 5) is 37.8. The summed E-state index contributed by atoms with van der Waals surface area (Å²) in [5.74, 6) is -0.951. The molecule has 0 heterocycles. The van der Waals surface area contributed by atoms with Crippen molar-refractivity contribution in [1.29, 1.82) is 0 Å². The predicted molar refractivity (Wildman–Crippen MR) is 251 cm³/mol. The fraction of sp³-hybridized carbons (Fsp3) is 0.717. The second-order valence-corrected chi connectivity index (χ2v) is 16.0. The van der Waals surface area contributed by atoms with Gasteiger partial charge in [-0.15, -0.1) is 0 Å². The van der Waals surface area contributed by atoms with Crippen molar-refractivity contribution < 1.29 is 28.6 Å². The zero-order valence-electron chi connectivity index (χ0n) is 38.5. The van der Waals surface area contributed by atoms with E-state index in [1.807, 2.05) is 0 Å². The van der Waals surface area contributed by atoms with Crippen LogP contribution in [0.1, 0.15) is 226 Å². The minimum atomic E-state index is -0.796. The highest BCUT2D eigenvalue weighted by molar-refractivity contribution is 5.71. The quantitative estimate of drug-likeness (QED) is 0.0264. The third kappa shape index (κ3) is 45.8. The van der Waals surface area contributed by atoms with Crippen molar-refractivity contribution in [3.05, 3.63) is 72.9 Å². The fourth-order valence-electron chi connectivity index (χ4n) is 6.52. The Kier molecular flexibility index (Phi) is 45.0. The van der Waals surface area contributed by atoms with E-state index in [0.29, 0.717) is 19.3 Å². The minimum absolute atomic E-state index is 0.0944. The van der Waals surface area contributed by atoms with Crippen molar-refractivity contribution in [3.8, 4) is 0 Å². The van der Waals surface area contributed by atoms with Gasteiger partial charge in [-0.2, -0.15) is 0 Å². The Labute approximate surface area is 363 Å². The SMILES string of the molecule is CC/C=C\C/C=C\C/C=C\C/C=C\CCCCC(=O)OC(COC(=O)CCCCCCCCCC)COC(=O)CCCCCCCCC/C=C\C/C=C\CCCCCC. The topological polar surface area (TPSA) is 78.9 Å². The number of allylic oxidation sites excluding steroid dienone is 12. The Hall–Kier alpha value is -3.15. The highest BCUT2D eigenvalue weighted by Crippen LogP contribution is 2.13. The van der Waals surface area contributed by atoms with E-state index in [2.05, 4.69) is 93.7 Å². The van der Waals surface area contributed by atoms with Crippen LogP contribution in [0.2, 0.25) is 0 Å². The molecule has 1 atom stereocenters. The van der Waals surface area contributed by atoms with Gasteiger partial charge in [0, 0.05) is 19.3 Å². The van der Waals surface area contributed by atoms with Gasteiger partial charge in [0.2, 0.25) is 0 Å². The normalized spacial score (nSPS) is 12.7. The Morgan fingerprint density at radius 2 is 0.661 bits per heavy atom. The van der Waals surface area contributed by atoms with E-state index in [0.717, 1.165) is 89.9 Å². The second kappa shape index (κ2) is 47.5. The lowest BCUT2D eigenvalue weighted by Crippen LogP contribution is -2.30. The van der Waals surface area contributed by atoms with Gasteiger partial charge in [-0.05, 0) is 89.9 Å². The number of carbonyl (C=O) groups excluding carboxylic acids is 3. The lowest BCUT2D eigenvalue weighted by Gasteiger charge is -2.18. The van der Waals surface area contributed by atoms with Crippen LogP contribution in [0, 0.1) is 0 Å². The average molecular weight is 823 g/mol. The number of hydrogen-bond acceptors (Lipinski definition) is 6. The molecule has 0 bridgehead atoms. The van der Waals surface area contributed by atoms with E-state index in [1.165, 1.54) is 89.9 Å². The molecule has 0 aliphatic heterocycles. The molecule has 0 radical (unpaired) electrons. The molecule has 0 rings (SSSR count). The van der Waals surface area contributed by atoms with Crippen LogP contribution in [0.15, 0.2) is 72.9 Å². The van der Waals surface area contributed by atoms with Gasteiger partial charge >= 0.3 is 17.9 Å². The average Bonchev–Trinajstić information content (AvgIpc) is 3.23. The van der Waals surface area contributed by atoms with Crippen LogP contribution < -0.4 is 0 Å². The molecule has 0 amide bonds. The van der Waals surface area contributed by atoms with Gasteiger partial charge < -0.3 is 14.2 Å². The van der Waals surface area contributed by atoms with Crippen LogP contribution in [-0.2, 0) is 28.6 Å². The van der Waals surface area contributed by atoms with Crippen molar-refractivity contribution in [2.75, 3.05) is 13.2 Å². The molecule has 0 saturated carbocycles. The Morgan fingerprint density at radius 3 is 1.08 bits per heavy atom. The smallest absolute Gasteiger partial charge is 0.306 e. The maximum Gasteiger partial charge on any atom is 0.306 e. The molecule has 1 unspecified atom stereocenters. The Balaban J connectivity index is 4.38. The first kappa shape index (κ1) is 55.9. The maximum atomic E-state index is 12.7. The number of carbonyl (C=O) groups is 3. The molecule has 0 N–H and O–H groups in total. The van der Waals surface area contributed by atoms with E-state index < -0.39 is 6.10 Å². The number of hydrogen-bond donors (Lipinski definition) is 0. The molecule has 0 aromatic heterocycles. The standard InChI is InChI=1S/C53H90O6/c1-4-7-10-13-16-19-21-23-25-26-27-29-30-32-34-37-40-43-46-52(55)58-49-50(48-57-51(54)45-42-39-36-18-15-12-9-6-3)59-53(56)47-44-41-38-35-33-31-28-24-22-20-17-14-11-8-5-2/h8,11,17,19-21,24-26,28,33,35,50H,4-7,9-10,12-16,18,22-23,27,29-32,34,36-49H2,1-3H3/b11-8-,20-17-,21-19-,26-25-,28-24-,35-33-. The highest BCUT2D eigenvalue weighted by Gasteiger charge is 2.19. The molecule has 59 heavy (non-hydrogen) atoms. The fourth-order valence-corrected chi connectivity index (χ4v) is 6.52. The summed E-state index contributed by atoms with van der Waals surface area (Å²) in [6, 6.07) is 0. The van der Waals surface area contributed by atoms with Crippen LogP contribution in [-0.4, -0.2) is 37.2 Å². The molecule has 0 saturated heterocycles. The van der Waals surface area contributed by atoms with E-state index >= 15 is 0 Å². The van der Waals surface area contributed by atoms with Gasteiger partial charge in [0.15, 0.2) is 6.10 Å². The van der Waals surface area contributed by atoms with Gasteiger partial charge in [0.05, 0.1) is 0 Å². The van der Waals surface area contributed by atoms with Crippen molar-refractivity contribution in [2.45, 2.75) is 232 Å². The van der Waals surface area contributed by atoms with Crippen molar-refractivity contribution in [3.63, 3.8) is 0 Å². The summed E-state index contributed by atoms with van der Waals surface area (Å²) >= 11 is 0. The molecule has 0 aromatic rings. The Bertz CT molecular complexity index is 1130. The highest BCUT2D eigenvalue weighted by atomic mass is 16.6. The molecule has 338 valence electrons. The lowest BCUT2D eigenvalue weighted by molar-refractivity contribution is -0.167. The van der Waals surface area contributed by atoms with E-state index in [1.54, 1.807) is 0 Å². The molecular formula is C53H90O6. The lowest BCUT2D eigenvalue weighted by atomic mass is 10.1. The molecule has 0 aliphatic rings. The van der Waals surface area contributed by atoms with E-state index in [9.17, 15) is 14.4 Å². The summed E-state index contributed by atoms with van der Waals surface area (Å²) in [5.41, 5.74) is 0. The third-order valence-corrected chi connectivity index (χ3v) is 10.2. The monoisotopic (exact) mass is 823 g/mol. The summed E-state index contributed by atoms with van der Waals surface area (Å²) in [6.07, 6.45) is 58.9. The van der Waals surface area contributed by atoms with Crippen LogP contribution in [0.4, 0.5) is 0 Å². The summed E-state index contributed by atoms with van der Waals surface area (Å²) in [6.45, 7) is 6.43. The van der Waals surface area contributed by atoms with Crippen molar-refractivity contribution in [1.82, 2.24) is 0 Å². The number of esters is 3. The van der Waals surface area contributed by atoms with Crippen molar-refractivity contribution >= 4 is 17.9 Å². The Morgan fingerprint density at radius 1 is 0.356 bits per heavy atom. The van der Waals surface area contributed by atoms with Gasteiger partial charge in [0.25, 0.3) is 0 Å². The van der Waals surface area contributed by atoms with Gasteiger partial charge in [-0.3, -0.25) is 14.4 Å². The predicted octanol–water partition coefficient (Wildman–Crippen LogP) is 15.9. The zero-order chi connectivity index (χ0) is 43.0. The summed E-state index contributed by atoms with van der Waals surface area (Å²) < 4.78 is 16.7. The summed E-state index contributed by atoms with van der Waals surface area (Å²) in [5, 5.41) is 0. The molecule has 0 aromatic carbocycles. The van der Waals surface area contributed by atoms with Gasteiger partial charge in [-0.1, -0.05) is 190 Å². The number of unbranched alkanes of at least 4 members (excludes halogenated alkanes) is 20. The third-order valence-electron chi connectivity index (χ3n) is 10.2. The van der Waals surface area contributed by atoms with E-state index in [4.69, 9.17) is 14.2 Å². The molecule has 0 aliphatic carbocycles. The molecule has 6 nitrogen and oxygen atoms in total. The van der Waals surface area contributed by atoms with E-state index in [-0.39, 0.29) is 37.5 Å². The largest absolute Gasteiger partial charge is 0.462 e. The minimum Gasteiger partial charge on any atom is -0.462 e. The summed E-state index contributed by atoms with van der Waals surface area (Å²) in [7, 11) is 0. The molecule has 0 spiro atoms. The first-order valence-corrected chi connectivity index (χ1v) is 24.4. The molecule has 0 fully saturated rings. The number of rotatable bonds is 43.